The molecule has 3 nitrogen and oxygen atoms in total. The zero-order valence-electron chi connectivity index (χ0n) is 8.79. The molecule has 14 heavy (non-hydrogen) atoms. The van der Waals surface area contributed by atoms with Gasteiger partial charge in [-0.15, -0.1) is 0 Å². The number of rotatable bonds is 3. The predicted molar refractivity (Wildman–Crippen MR) is 58.2 cm³/mol. The highest BCUT2D eigenvalue weighted by Crippen LogP contribution is 2.27. The van der Waals surface area contributed by atoms with E-state index in [0.29, 0.717) is 6.04 Å². The number of nitrogens with one attached hydrogen (secondary N) is 2. The van der Waals surface area contributed by atoms with Gasteiger partial charge in [0.25, 0.3) is 0 Å². The summed E-state index contributed by atoms with van der Waals surface area (Å²) < 4.78 is 0. The largest absolute Gasteiger partial charge is 0.380 e. The van der Waals surface area contributed by atoms with Crippen LogP contribution in [0.25, 0.3) is 0 Å². The second-order valence-electron chi connectivity index (χ2n) is 4.32. The maximum atomic E-state index is 3.93. The summed E-state index contributed by atoms with van der Waals surface area (Å²) in [6, 6.07) is 0.577. The van der Waals surface area contributed by atoms with Gasteiger partial charge in [-0.2, -0.15) is 5.10 Å². The fourth-order valence-electron chi connectivity index (χ4n) is 2.34. The number of aromatic amines is 1. The van der Waals surface area contributed by atoms with Crippen LogP contribution < -0.4 is 5.32 Å². The number of anilines is 1. The molecule has 2 N–H and O–H groups in total. The normalized spacial score (nSPS) is 20.6. The molecule has 0 saturated heterocycles. The highest BCUT2D eigenvalue weighted by Gasteiger charge is 2.19. The van der Waals surface area contributed by atoms with E-state index >= 15 is 0 Å². The summed E-state index contributed by atoms with van der Waals surface area (Å²) >= 11 is 0. The molecule has 1 aliphatic carbocycles. The Morgan fingerprint density at radius 2 is 2.21 bits per heavy atom. The van der Waals surface area contributed by atoms with Crippen LogP contribution in [0.1, 0.15) is 39.0 Å². The van der Waals surface area contributed by atoms with Crippen LogP contribution >= 0.6 is 0 Å². The van der Waals surface area contributed by atoms with E-state index in [9.17, 15) is 0 Å². The molecule has 3 heteroatoms. The average Bonchev–Trinajstić information content (AvgIpc) is 2.72. The van der Waals surface area contributed by atoms with Crippen molar-refractivity contribution in [1.82, 2.24) is 10.2 Å². The Bertz CT molecular complexity index is 250. The minimum Gasteiger partial charge on any atom is -0.380 e. The van der Waals surface area contributed by atoms with Crippen LogP contribution in [-0.4, -0.2) is 16.2 Å². The van der Waals surface area contributed by atoms with E-state index in [1.807, 2.05) is 12.4 Å². The van der Waals surface area contributed by atoms with Gasteiger partial charge in [0.05, 0.1) is 11.9 Å². The first kappa shape index (κ1) is 9.56. The van der Waals surface area contributed by atoms with E-state index in [1.54, 1.807) is 0 Å². The summed E-state index contributed by atoms with van der Waals surface area (Å²) in [7, 11) is 0. The van der Waals surface area contributed by atoms with Crippen LogP contribution in [-0.2, 0) is 0 Å². The third kappa shape index (κ3) is 2.28. The molecule has 2 rings (SSSR count). The van der Waals surface area contributed by atoms with E-state index in [2.05, 4.69) is 22.4 Å². The molecule has 0 amide bonds. The second-order valence-corrected chi connectivity index (χ2v) is 4.32. The molecule has 1 aliphatic rings. The number of hydrogen-bond donors (Lipinski definition) is 2. The highest BCUT2D eigenvalue weighted by atomic mass is 15.1. The number of aromatic nitrogens is 2. The number of nitrogens with zero attached hydrogens (tertiary/aromatic N) is 1. The van der Waals surface area contributed by atoms with Crippen molar-refractivity contribution < 1.29 is 0 Å². The molecular weight excluding hydrogens is 174 g/mol. The lowest BCUT2D eigenvalue weighted by molar-refractivity contribution is 0.328. The van der Waals surface area contributed by atoms with Gasteiger partial charge in [0, 0.05) is 12.2 Å². The van der Waals surface area contributed by atoms with Gasteiger partial charge in [-0.1, -0.05) is 19.3 Å². The Morgan fingerprint density at radius 3 is 2.86 bits per heavy atom. The van der Waals surface area contributed by atoms with E-state index in [1.165, 1.54) is 32.1 Å². The average molecular weight is 193 g/mol. The Morgan fingerprint density at radius 1 is 1.43 bits per heavy atom. The van der Waals surface area contributed by atoms with Crippen LogP contribution in [0.3, 0.4) is 0 Å². The van der Waals surface area contributed by atoms with E-state index in [-0.39, 0.29) is 0 Å². The maximum absolute atomic E-state index is 3.93. The predicted octanol–water partition coefficient (Wildman–Crippen LogP) is 2.79. The first-order chi connectivity index (χ1) is 6.86. The van der Waals surface area contributed by atoms with Gasteiger partial charge >= 0.3 is 0 Å². The summed E-state index contributed by atoms with van der Waals surface area (Å²) in [6.45, 7) is 2.28. The molecule has 1 aromatic heterocycles. The van der Waals surface area contributed by atoms with Crippen LogP contribution in [0.4, 0.5) is 5.69 Å². The van der Waals surface area contributed by atoms with Crippen molar-refractivity contribution in [2.24, 2.45) is 5.92 Å². The van der Waals surface area contributed by atoms with Gasteiger partial charge in [-0.05, 0) is 25.7 Å². The Hall–Kier alpha value is -0.990. The van der Waals surface area contributed by atoms with Crippen molar-refractivity contribution >= 4 is 5.69 Å². The van der Waals surface area contributed by atoms with Gasteiger partial charge < -0.3 is 5.32 Å². The summed E-state index contributed by atoms with van der Waals surface area (Å²) in [4.78, 5) is 0. The molecule has 1 heterocycles. The molecule has 1 saturated carbocycles. The summed E-state index contributed by atoms with van der Waals surface area (Å²) in [5, 5.41) is 10.3. The van der Waals surface area contributed by atoms with Crippen LogP contribution in [0.2, 0.25) is 0 Å². The molecule has 0 aromatic carbocycles. The Balaban J connectivity index is 1.85. The Kier molecular flexibility index (Phi) is 3.07. The topological polar surface area (TPSA) is 40.7 Å². The molecular formula is C11H19N3. The summed E-state index contributed by atoms with van der Waals surface area (Å²) in [6.07, 6.45) is 10.8. The van der Waals surface area contributed by atoms with Gasteiger partial charge in [0.2, 0.25) is 0 Å². The molecule has 0 bridgehead atoms. The molecule has 1 unspecified atom stereocenters. The summed E-state index contributed by atoms with van der Waals surface area (Å²) in [5.41, 5.74) is 1.11. The fourth-order valence-corrected chi connectivity index (χ4v) is 2.34. The lowest BCUT2D eigenvalue weighted by Crippen LogP contribution is -2.27. The minimum absolute atomic E-state index is 0.577. The minimum atomic E-state index is 0.577. The van der Waals surface area contributed by atoms with Gasteiger partial charge in [-0.25, -0.2) is 0 Å². The SMILES string of the molecule is CC(Nc1cn[nH]c1)C1CCCCC1. The van der Waals surface area contributed by atoms with Gasteiger partial charge in [-0.3, -0.25) is 5.10 Å². The van der Waals surface area contributed by atoms with Crippen molar-refractivity contribution in [3.05, 3.63) is 12.4 Å². The van der Waals surface area contributed by atoms with E-state index in [0.717, 1.165) is 11.6 Å². The van der Waals surface area contributed by atoms with Gasteiger partial charge in [0.1, 0.15) is 0 Å². The van der Waals surface area contributed by atoms with Crippen LogP contribution in [0.15, 0.2) is 12.4 Å². The molecule has 78 valence electrons. The zero-order chi connectivity index (χ0) is 9.80. The first-order valence-corrected chi connectivity index (χ1v) is 5.61. The molecule has 0 aliphatic heterocycles. The Labute approximate surface area is 85.3 Å². The fraction of sp³-hybridized carbons (Fsp3) is 0.727. The second kappa shape index (κ2) is 4.49. The standard InChI is InChI=1S/C11H19N3/c1-9(10-5-3-2-4-6-10)14-11-7-12-13-8-11/h7-10,14H,2-6H2,1H3,(H,12,13). The quantitative estimate of drug-likeness (QED) is 0.775. The third-order valence-electron chi connectivity index (χ3n) is 3.25. The van der Waals surface area contributed by atoms with Crippen molar-refractivity contribution in [2.75, 3.05) is 5.32 Å². The van der Waals surface area contributed by atoms with Crippen molar-refractivity contribution in [2.45, 2.75) is 45.1 Å². The molecule has 1 atom stereocenters. The van der Waals surface area contributed by atoms with Crippen molar-refractivity contribution in [3.8, 4) is 0 Å². The lowest BCUT2D eigenvalue weighted by Gasteiger charge is -2.28. The smallest absolute Gasteiger partial charge is 0.0725 e. The van der Waals surface area contributed by atoms with Gasteiger partial charge in [0.15, 0.2) is 0 Å². The van der Waals surface area contributed by atoms with Crippen LogP contribution in [0.5, 0.6) is 0 Å². The third-order valence-corrected chi connectivity index (χ3v) is 3.25. The van der Waals surface area contributed by atoms with E-state index < -0.39 is 0 Å². The van der Waals surface area contributed by atoms with Crippen molar-refractivity contribution in [1.29, 1.82) is 0 Å². The molecule has 1 fully saturated rings. The number of H-pyrrole nitrogens is 1. The first-order valence-electron chi connectivity index (χ1n) is 5.61. The molecule has 1 aromatic rings. The monoisotopic (exact) mass is 193 g/mol. The summed E-state index contributed by atoms with van der Waals surface area (Å²) in [5.74, 6) is 0.846. The van der Waals surface area contributed by atoms with E-state index in [4.69, 9.17) is 0 Å². The lowest BCUT2D eigenvalue weighted by atomic mass is 9.84. The molecule has 0 radical (unpaired) electrons. The maximum Gasteiger partial charge on any atom is 0.0725 e. The zero-order valence-corrected chi connectivity index (χ0v) is 8.79. The highest BCUT2D eigenvalue weighted by molar-refractivity contribution is 5.38. The number of hydrogen-bond acceptors (Lipinski definition) is 2. The van der Waals surface area contributed by atoms with Crippen LogP contribution in [0, 0.1) is 5.92 Å². The molecule has 0 spiro atoms. The van der Waals surface area contributed by atoms with Crippen molar-refractivity contribution in [3.63, 3.8) is 0 Å².